The highest BCUT2D eigenvalue weighted by Crippen LogP contribution is 2.24. The summed E-state index contributed by atoms with van der Waals surface area (Å²) in [5.41, 5.74) is 1.38. The van der Waals surface area contributed by atoms with E-state index in [9.17, 15) is 0 Å². The van der Waals surface area contributed by atoms with Gasteiger partial charge in [-0.15, -0.1) is 12.6 Å². The van der Waals surface area contributed by atoms with Crippen LogP contribution in [0.15, 0.2) is 29.2 Å². The maximum atomic E-state index is 4.32. The van der Waals surface area contributed by atoms with Crippen molar-refractivity contribution in [1.82, 2.24) is 5.32 Å². The Balaban J connectivity index is 2.21. The number of hydrogen-bond acceptors (Lipinski definition) is 2. The van der Waals surface area contributed by atoms with Gasteiger partial charge >= 0.3 is 0 Å². The molecule has 1 N–H and O–H groups in total. The van der Waals surface area contributed by atoms with Crippen molar-refractivity contribution in [2.45, 2.75) is 23.8 Å². The number of hydrogen-bond donors (Lipinski definition) is 2. The van der Waals surface area contributed by atoms with Gasteiger partial charge in [-0.2, -0.15) is 0 Å². The van der Waals surface area contributed by atoms with E-state index in [0.29, 0.717) is 6.04 Å². The van der Waals surface area contributed by atoms with E-state index in [2.05, 4.69) is 36.1 Å². The molecule has 1 aromatic rings. The van der Waals surface area contributed by atoms with Gasteiger partial charge < -0.3 is 5.32 Å². The first-order chi connectivity index (χ1) is 5.86. The van der Waals surface area contributed by atoms with Crippen molar-refractivity contribution >= 4 is 12.6 Å². The number of thiol groups is 1. The van der Waals surface area contributed by atoms with Crippen LogP contribution in [0.4, 0.5) is 0 Å². The van der Waals surface area contributed by atoms with E-state index in [0.717, 1.165) is 11.4 Å². The molecule has 1 saturated heterocycles. The zero-order valence-corrected chi connectivity index (χ0v) is 7.85. The van der Waals surface area contributed by atoms with Crippen LogP contribution in [0.5, 0.6) is 0 Å². The van der Waals surface area contributed by atoms with E-state index < -0.39 is 0 Å². The molecule has 1 fully saturated rings. The summed E-state index contributed by atoms with van der Waals surface area (Å²) in [5, 5.41) is 3.47. The molecule has 0 bridgehead atoms. The van der Waals surface area contributed by atoms with Crippen molar-refractivity contribution in [3.05, 3.63) is 29.8 Å². The molecule has 0 amide bonds. The molecule has 0 aromatic heterocycles. The Morgan fingerprint density at radius 3 is 3.00 bits per heavy atom. The Labute approximate surface area is 78.6 Å². The summed E-state index contributed by atoms with van der Waals surface area (Å²) in [6.45, 7) is 1.15. The van der Waals surface area contributed by atoms with E-state index in [1.54, 1.807) is 0 Å². The fourth-order valence-corrected chi connectivity index (χ4v) is 1.95. The maximum absolute atomic E-state index is 4.32. The van der Waals surface area contributed by atoms with Gasteiger partial charge in [0.25, 0.3) is 0 Å². The van der Waals surface area contributed by atoms with Gasteiger partial charge in [-0.3, -0.25) is 0 Å². The number of benzene rings is 1. The first-order valence-electron chi connectivity index (χ1n) is 4.38. The minimum atomic E-state index is 0.567. The smallest absolute Gasteiger partial charge is 0.0321 e. The van der Waals surface area contributed by atoms with E-state index in [1.165, 1.54) is 18.4 Å². The van der Waals surface area contributed by atoms with Crippen LogP contribution in [0.2, 0.25) is 0 Å². The second-order valence-corrected chi connectivity index (χ2v) is 3.76. The topological polar surface area (TPSA) is 12.0 Å². The normalized spacial score (nSPS) is 22.9. The van der Waals surface area contributed by atoms with Gasteiger partial charge in [-0.1, -0.05) is 12.1 Å². The molecule has 2 rings (SSSR count). The molecule has 1 nitrogen and oxygen atoms in total. The summed E-state index contributed by atoms with van der Waals surface area (Å²) >= 11 is 4.32. The van der Waals surface area contributed by atoms with Gasteiger partial charge in [-0.25, -0.2) is 0 Å². The first-order valence-corrected chi connectivity index (χ1v) is 4.83. The van der Waals surface area contributed by atoms with E-state index in [1.807, 2.05) is 6.07 Å². The third kappa shape index (κ3) is 1.65. The molecule has 12 heavy (non-hydrogen) atoms. The van der Waals surface area contributed by atoms with Crippen molar-refractivity contribution in [3.63, 3.8) is 0 Å². The van der Waals surface area contributed by atoms with Gasteiger partial charge in [0.1, 0.15) is 0 Å². The summed E-state index contributed by atoms with van der Waals surface area (Å²) < 4.78 is 0. The van der Waals surface area contributed by atoms with Crippen molar-refractivity contribution < 1.29 is 0 Å². The lowest BCUT2D eigenvalue weighted by Crippen LogP contribution is -2.12. The summed E-state index contributed by atoms with van der Waals surface area (Å²) in [6, 6.07) is 8.96. The fourth-order valence-electron chi connectivity index (χ4n) is 1.71. The second-order valence-electron chi connectivity index (χ2n) is 3.24. The van der Waals surface area contributed by atoms with Gasteiger partial charge in [-0.05, 0) is 37.1 Å². The van der Waals surface area contributed by atoms with Gasteiger partial charge in [0.05, 0.1) is 0 Å². The zero-order valence-electron chi connectivity index (χ0n) is 6.96. The van der Waals surface area contributed by atoms with Crippen molar-refractivity contribution in [2.24, 2.45) is 0 Å². The van der Waals surface area contributed by atoms with Crippen LogP contribution in [-0.2, 0) is 0 Å². The lowest BCUT2D eigenvalue weighted by molar-refractivity contribution is 0.646. The highest BCUT2D eigenvalue weighted by Gasteiger charge is 2.15. The van der Waals surface area contributed by atoms with Gasteiger partial charge in [0.15, 0.2) is 0 Å². The molecule has 0 spiro atoms. The largest absolute Gasteiger partial charge is 0.310 e. The molecule has 1 atom stereocenters. The standard InChI is InChI=1S/C10H13NS/c12-9-4-1-3-8(7-9)10-5-2-6-11-10/h1,3-4,7,10-12H,2,5-6H2/t10-/m1/s1. The zero-order chi connectivity index (χ0) is 8.39. The molecule has 0 aliphatic carbocycles. The summed E-state index contributed by atoms with van der Waals surface area (Å²) in [7, 11) is 0. The van der Waals surface area contributed by atoms with E-state index >= 15 is 0 Å². The lowest BCUT2D eigenvalue weighted by Gasteiger charge is -2.10. The highest BCUT2D eigenvalue weighted by atomic mass is 32.1. The maximum Gasteiger partial charge on any atom is 0.0321 e. The van der Waals surface area contributed by atoms with Crippen LogP contribution in [-0.4, -0.2) is 6.54 Å². The SMILES string of the molecule is Sc1cccc([C@H]2CCCN2)c1. The average molecular weight is 179 g/mol. The third-order valence-corrected chi connectivity index (χ3v) is 2.61. The molecule has 1 aromatic carbocycles. The van der Waals surface area contributed by atoms with Crippen LogP contribution in [0, 0.1) is 0 Å². The quantitative estimate of drug-likeness (QED) is 0.631. The monoisotopic (exact) mass is 179 g/mol. The Kier molecular flexibility index (Phi) is 2.38. The van der Waals surface area contributed by atoms with Crippen LogP contribution >= 0.6 is 12.6 Å². The lowest BCUT2D eigenvalue weighted by atomic mass is 10.1. The minimum Gasteiger partial charge on any atom is -0.310 e. The van der Waals surface area contributed by atoms with Gasteiger partial charge in [0.2, 0.25) is 0 Å². The van der Waals surface area contributed by atoms with Crippen molar-refractivity contribution in [2.75, 3.05) is 6.54 Å². The van der Waals surface area contributed by atoms with Crippen molar-refractivity contribution in [1.29, 1.82) is 0 Å². The molecule has 0 unspecified atom stereocenters. The molecule has 1 aliphatic heterocycles. The van der Waals surface area contributed by atoms with E-state index in [-0.39, 0.29) is 0 Å². The first kappa shape index (κ1) is 8.14. The fraction of sp³-hybridized carbons (Fsp3) is 0.400. The molecule has 1 aliphatic rings. The van der Waals surface area contributed by atoms with Gasteiger partial charge in [0, 0.05) is 10.9 Å². The third-order valence-electron chi connectivity index (χ3n) is 2.33. The average Bonchev–Trinajstić information content (AvgIpc) is 2.56. The Morgan fingerprint density at radius 2 is 2.33 bits per heavy atom. The molecule has 0 radical (unpaired) electrons. The minimum absolute atomic E-state index is 0.567. The Hall–Kier alpha value is -0.470. The highest BCUT2D eigenvalue weighted by molar-refractivity contribution is 7.80. The number of rotatable bonds is 1. The van der Waals surface area contributed by atoms with Crippen LogP contribution in [0.1, 0.15) is 24.4 Å². The predicted molar refractivity (Wildman–Crippen MR) is 53.7 cm³/mol. The molecule has 0 saturated carbocycles. The second kappa shape index (κ2) is 3.50. The summed E-state index contributed by atoms with van der Waals surface area (Å²) in [4.78, 5) is 1.06. The molecular weight excluding hydrogens is 166 g/mol. The van der Waals surface area contributed by atoms with Crippen LogP contribution in [0.3, 0.4) is 0 Å². The Bertz CT molecular complexity index is 266. The molecular formula is C10H13NS. The summed E-state index contributed by atoms with van der Waals surface area (Å²) in [6.07, 6.45) is 2.55. The molecule has 2 heteroatoms. The van der Waals surface area contributed by atoms with Crippen LogP contribution in [0.25, 0.3) is 0 Å². The van der Waals surface area contributed by atoms with Crippen molar-refractivity contribution in [3.8, 4) is 0 Å². The number of nitrogens with one attached hydrogen (secondary N) is 1. The molecule has 64 valence electrons. The predicted octanol–water partition coefficient (Wildman–Crippen LogP) is 2.40. The molecule has 1 heterocycles. The Morgan fingerprint density at radius 1 is 1.42 bits per heavy atom. The van der Waals surface area contributed by atoms with E-state index in [4.69, 9.17) is 0 Å². The van der Waals surface area contributed by atoms with Crippen LogP contribution < -0.4 is 5.32 Å². The summed E-state index contributed by atoms with van der Waals surface area (Å²) in [5.74, 6) is 0.